The minimum Gasteiger partial charge on any atom is -0.402 e. The molecule has 1 fully saturated rings. The normalized spacial score (nSPS) is 18.2. The van der Waals surface area contributed by atoms with Gasteiger partial charge >= 0.3 is 12.2 Å². The van der Waals surface area contributed by atoms with Crippen molar-refractivity contribution in [2.24, 2.45) is 0 Å². The fraction of sp³-hybridized carbons (Fsp3) is 0.577. The monoisotopic (exact) mass is 521 g/mol. The Labute approximate surface area is 214 Å². The number of anilines is 2. The second kappa shape index (κ2) is 10.1. The molecule has 1 saturated carbocycles. The summed E-state index contributed by atoms with van der Waals surface area (Å²) in [4.78, 5) is 4.82. The van der Waals surface area contributed by atoms with Crippen LogP contribution in [0.4, 0.5) is 24.9 Å². The van der Waals surface area contributed by atoms with E-state index in [1.807, 2.05) is 27.7 Å². The first-order valence-electron chi connectivity index (χ1n) is 12.3. The van der Waals surface area contributed by atoms with E-state index in [0.717, 1.165) is 35.8 Å². The van der Waals surface area contributed by atoms with E-state index in [9.17, 15) is 13.2 Å². The number of aryl methyl sites for hydroxylation is 1. The molecule has 0 radical (unpaired) electrons. The molecule has 8 nitrogen and oxygen atoms in total. The van der Waals surface area contributed by atoms with E-state index in [1.165, 1.54) is 0 Å². The third-order valence-corrected chi connectivity index (χ3v) is 6.80. The van der Waals surface area contributed by atoms with E-state index in [0.29, 0.717) is 23.3 Å². The van der Waals surface area contributed by atoms with Gasteiger partial charge in [0.1, 0.15) is 12.2 Å². The highest BCUT2D eigenvalue weighted by Gasteiger charge is 2.37. The van der Waals surface area contributed by atoms with Gasteiger partial charge in [-0.25, -0.2) is 4.98 Å². The van der Waals surface area contributed by atoms with Gasteiger partial charge in [-0.15, -0.1) is 5.10 Å². The molecular weight excluding hydrogens is 487 g/mol. The van der Waals surface area contributed by atoms with E-state index < -0.39 is 18.5 Å². The number of nitrogens with one attached hydrogen (secondary N) is 2. The van der Waals surface area contributed by atoms with Gasteiger partial charge in [-0.3, -0.25) is 0 Å². The number of nitrogens with zero attached hydrogens (tertiary/aromatic N) is 3. The molecule has 0 aliphatic heterocycles. The Balaban J connectivity index is 1.64. The lowest BCUT2D eigenvalue weighted by Crippen LogP contribution is -2.43. The smallest absolute Gasteiger partial charge is 0.402 e. The van der Waals surface area contributed by atoms with Gasteiger partial charge in [0, 0.05) is 44.2 Å². The summed E-state index contributed by atoms with van der Waals surface area (Å²) in [7, 11) is 3.29. The number of aromatic nitrogens is 3. The average Bonchev–Trinajstić information content (AvgIpc) is 3.30. The lowest BCUT2D eigenvalue weighted by Gasteiger charge is -2.38. The zero-order chi connectivity index (χ0) is 27.0. The Morgan fingerprint density at radius 2 is 1.84 bits per heavy atom. The summed E-state index contributed by atoms with van der Waals surface area (Å²) in [5.41, 5.74) is 2.86. The van der Waals surface area contributed by atoms with Crippen molar-refractivity contribution in [3.63, 3.8) is 0 Å². The van der Waals surface area contributed by atoms with E-state index >= 15 is 0 Å². The number of methoxy groups -OCH3 is 2. The second-order valence-corrected chi connectivity index (χ2v) is 10.6. The molecule has 1 aliphatic carbocycles. The molecule has 1 atom stereocenters. The second-order valence-electron chi connectivity index (χ2n) is 10.6. The minimum atomic E-state index is -4.32. The molecule has 2 heterocycles. The number of pyridine rings is 1. The highest BCUT2D eigenvalue weighted by atomic mass is 19.4. The summed E-state index contributed by atoms with van der Waals surface area (Å²) >= 11 is 0. The van der Waals surface area contributed by atoms with Crippen molar-refractivity contribution in [2.75, 3.05) is 31.4 Å². The van der Waals surface area contributed by atoms with Crippen LogP contribution in [0.5, 0.6) is 0 Å². The quantitative estimate of drug-likeness (QED) is 0.355. The Kier molecular flexibility index (Phi) is 7.40. The summed E-state index contributed by atoms with van der Waals surface area (Å²) in [6.07, 6.45) is -1.01. The van der Waals surface area contributed by atoms with Crippen LogP contribution >= 0.6 is 0 Å². The number of alkyl halides is 3. The van der Waals surface area contributed by atoms with Crippen LogP contribution in [0.25, 0.3) is 22.5 Å². The van der Waals surface area contributed by atoms with Gasteiger partial charge < -0.3 is 24.5 Å². The molecule has 0 amide bonds. The molecule has 0 bridgehead atoms. The number of hydrogen-bond acceptors (Lipinski definition) is 8. The molecule has 2 N–H and O–H groups in total. The fourth-order valence-corrected chi connectivity index (χ4v) is 4.81. The lowest BCUT2D eigenvalue weighted by atomic mass is 9.84. The van der Waals surface area contributed by atoms with Crippen LogP contribution in [0.2, 0.25) is 0 Å². The van der Waals surface area contributed by atoms with Crippen molar-refractivity contribution < 1.29 is 27.1 Å². The van der Waals surface area contributed by atoms with Crippen LogP contribution in [0.3, 0.4) is 0 Å². The van der Waals surface area contributed by atoms with Crippen LogP contribution < -0.4 is 10.6 Å². The van der Waals surface area contributed by atoms with Crippen molar-refractivity contribution in [1.82, 2.24) is 15.2 Å². The first kappa shape index (κ1) is 27.1. The minimum absolute atomic E-state index is 0.0448. The van der Waals surface area contributed by atoms with Gasteiger partial charge in [-0.1, -0.05) is 25.9 Å². The Bertz CT molecular complexity index is 1250. The number of fused-ring (bicyclic) bond motifs is 1. The van der Waals surface area contributed by atoms with Gasteiger partial charge in [-0.2, -0.15) is 13.2 Å². The van der Waals surface area contributed by atoms with Gasteiger partial charge in [0.2, 0.25) is 0 Å². The standard InChI is InChI=1S/C26H34F3N5O3/c1-15-10-20(22-33-34-23(37-22)31-16-8-7-9-25(13-16,35-5)36-6)32-21-18(15)11-17(30-14-26(27,28)29)12-19(21)24(2,3)4/h10-12,16,30H,7-9,13-14H2,1-6H3,(H,31,34). The molecule has 4 rings (SSSR count). The number of hydrogen-bond donors (Lipinski definition) is 2. The SMILES string of the molecule is COC1(OC)CCCC(Nc2nnc(-c3cc(C)c4cc(NCC(F)(F)F)cc(C(C)(C)C)c4n3)o2)C1. The molecule has 202 valence electrons. The summed E-state index contributed by atoms with van der Waals surface area (Å²) in [6.45, 7) is 6.77. The number of ether oxygens (including phenoxy) is 2. The number of halogens is 3. The summed E-state index contributed by atoms with van der Waals surface area (Å²) in [5, 5.41) is 14.9. The average molecular weight is 522 g/mol. The van der Waals surface area contributed by atoms with Crippen LogP contribution in [-0.4, -0.2) is 54.0 Å². The van der Waals surface area contributed by atoms with Crippen molar-refractivity contribution in [3.8, 4) is 11.6 Å². The highest BCUT2D eigenvalue weighted by Crippen LogP contribution is 2.36. The maximum absolute atomic E-state index is 12.8. The summed E-state index contributed by atoms with van der Waals surface area (Å²) < 4.78 is 55.6. The summed E-state index contributed by atoms with van der Waals surface area (Å²) in [5.74, 6) is -0.375. The number of benzene rings is 1. The maximum atomic E-state index is 12.8. The van der Waals surface area contributed by atoms with Crippen molar-refractivity contribution >= 4 is 22.6 Å². The predicted molar refractivity (Wildman–Crippen MR) is 136 cm³/mol. The van der Waals surface area contributed by atoms with Gasteiger partial charge in [0.25, 0.3) is 5.89 Å². The molecular formula is C26H34F3N5O3. The molecule has 0 saturated heterocycles. The van der Waals surface area contributed by atoms with Gasteiger partial charge in [0.05, 0.1) is 5.52 Å². The maximum Gasteiger partial charge on any atom is 0.405 e. The third kappa shape index (κ3) is 6.15. The molecule has 1 aromatic carbocycles. The zero-order valence-electron chi connectivity index (χ0n) is 22.0. The molecule has 11 heteroatoms. The van der Waals surface area contributed by atoms with Crippen molar-refractivity contribution in [2.45, 2.75) is 76.8 Å². The first-order valence-corrected chi connectivity index (χ1v) is 12.3. The molecule has 2 aromatic heterocycles. The fourth-order valence-electron chi connectivity index (χ4n) is 4.81. The highest BCUT2D eigenvalue weighted by molar-refractivity contribution is 5.90. The van der Waals surface area contributed by atoms with E-state index in [2.05, 4.69) is 20.8 Å². The zero-order valence-corrected chi connectivity index (χ0v) is 22.0. The Hall–Kier alpha value is -2.92. The van der Waals surface area contributed by atoms with E-state index in [4.69, 9.17) is 18.9 Å². The number of rotatable bonds is 7. The largest absolute Gasteiger partial charge is 0.405 e. The molecule has 1 unspecified atom stereocenters. The molecule has 0 spiro atoms. The van der Waals surface area contributed by atoms with E-state index in [1.54, 1.807) is 32.4 Å². The molecule has 3 aromatic rings. The molecule has 1 aliphatic rings. The molecule has 37 heavy (non-hydrogen) atoms. The topological polar surface area (TPSA) is 94.3 Å². The lowest BCUT2D eigenvalue weighted by molar-refractivity contribution is -0.224. The predicted octanol–water partition coefficient (Wildman–Crippen LogP) is 6.21. The first-order chi connectivity index (χ1) is 17.3. The Morgan fingerprint density at radius 3 is 2.49 bits per heavy atom. The summed E-state index contributed by atoms with van der Waals surface area (Å²) in [6, 6.07) is 5.56. The van der Waals surface area contributed by atoms with Crippen LogP contribution in [-0.2, 0) is 14.9 Å². The van der Waals surface area contributed by atoms with Gasteiger partial charge in [0.15, 0.2) is 5.79 Å². The van der Waals surface area contributed by atoms with Crippen LogP contribution in [0, 0.1) is 6.92 Å². The van der Waals surface area contributed by atoms with Gasteiger partial charge in [-0.05, 0) is 54.5 Å². The Morgan fingerprint density at radius 1 is 1.11 bits per heavy atom. The third-order valence-electron chi connectivity index (χ3n) is 6.80. The van der Waals surface area contributed by atoms with E-state index in [-0.39, 0.29) is 23.4 Å². The van der Waals surface area contributed by atoms with Crippen molar-refractivity contribution in [1.29, 1.82) is 0 Å². The van der Waals surface area contributed by atoms with Crippen molar-refractivity contribution in [3.05, 3.63) is 29.3 Å². The van der Waals surface area contributed by atoms with Crippen LogP contribution in [0.1, 0.15) is 57.6 Å². The van der Waals surface area contributed by atoms with Crippen LogP contribution in [0.15, 0.2) is 22.6 Å².